The smallest absolute Gasteiger partial charge is 0.251 e. The number of carbonyl (C=O) groups excluding carboxylic acids is 2. The number of aromatic nitrogens is 1. The first-order valence-electron chi connectivity index (χ1n) is 15.7. The van der Waals surface area contributed by atoms with E-state index in [9.17, 15) is 14.0 Å². The molecule has 1 N–H and O–H groups in total. The third-order valence-corrected chi connectivity index (χ3v) is 10.4. The highest BCUT2D eigenvalue weighted by molar-refractivity contribution is 8.40. The Morgan fingerprint density at radius 1 is 1.07 bits per heavy atom. The molecule has 0 aliphatic carbocycles. The molecule has 1 spiro atoms. The van der Waals surface area contributed by atoms with Crippen molar-refractivity contribution in [2.45, 2.75) is 107 Å². The molecule has 0 atom stereocenters. The number of rotatable bonds is 8. The minimum absolute atomic E-state index is 0.0711. The maximum absolute atomic E-state index is 13.1. The summed E-state index contributed by atoms with van der Waals surface area (Å²) in [6.45, 7) is 23.3. The average molecular weight is 607 g/mol. The molecule has 3 heterocycles. The van der Waals surface area contributed by atoms with E-state index in [1.807, 2.05) is 52.8 Å². The van der Waals surface area contributed by atoms with Gasteiger partial charge < -0.3 is 14.8 Å². The lowest BCUT2D eigenvalue weighted by molar-refractivity contribution is -0.107. The van der Waals surface area contributed by atoms with Crippen LogP contribution < -0.4 is 10.1 Å². The van der Waals surface area contributed by atoms with Gasteiger partial charge in [0, 0.05) is 29.6 Å². The number of ether oxygens (including phenoxy) is 1. The van der Waals surface area contributed by atoms with Crippen molar-refractivity contribution in [3.8, 4) is 5.88 Å². The van der Waals surface area contributed by atoms with Gasteiger partial charge in [0.2, 0.25) is 5.88 Å². The summed E-state index contributed by atoms with van der Waals surface area (Å²) in [6.07, 6.45) is 5.49. The second-order valence-electron chi connectivity index (χ2n) is 11.7. The average Bonchev–Trinajstić information content (AvgIpc) is 3.69. The number of amides is 1. The van der Waals surface area contributed by atoms with Gasteiger partial charge in [0.1, 0.15) is 12.1 Å². The number of pyridine rings is 1. The van der Waals surface area contributed by atoms with Gasteiger partial charge in [0.25, 0.3) is 5.91 Å². The molecule has 240 valence electrons. The highest BCUT2D eigenvalue weighted by Gasteiger charge is 2.55. The van der Waals surface area contributed by atoms with Crippen molar-refractivity contribution < 1.29 is 18.7 Å². The fraction of sp³-hybridized carbons (Fsp3) is 0.629. The van der Waals surface area contributed by atoms with Crippen LogP contribution in [0.4, 0.5) is 4.39 Å². The minimum atomic E-state index is -0.245. The Bertz CT molecular complexity index is 1060. The molecule has 1 amide bonds. The molecule has 1 aromatic carbocycles. The molecule has 5 nitrogen and oxygen atoms in total. The molecular weight excluding hydrogens is 547 g/mol. The molecule has 7 heteroatoms. The van der Waals surface area contributed by atoms with Crippen LogP contribution >= 0.6 is 10.0 Å². The Balaban J connectivity index is 0.000000612. The van der Waals surface area contributed by atoms with Crippen LogP contribution in [-0.4, -0.2) is 52.3 Å². The van der Waals surface area contributed by atoms with Crippen molar-refractivity contribution >= 4 is 22.2 Å². The third kappa shape index (κ3) is 15.2. The highest BCUT2D eigenvalue weighted by Crippen LogP contribution is 2.71. The number of aldehydes is 1. The minimum Gasteiger partial charge on any atom is -0.478 e. The Morgan fingerprint density at radius 3 is 2.10 bits per heavy atom. The summed E-state index contributed by atoms with van der Waals surface area (Å²) in [7, 11) is -0.197. The highest BCUT2D eigenvalue weighted by atomic mass is 32.3. The normalized spacial score (nSPS) is 15.4. The van der Waals surface area contributed by atoms with E-state index in [1.54, 1.807) is 6.07 Å². The number of nitrogens with one attached hydrogen (secondary N) is 1. The Hall–Kier alpha value is -2.41. The van der Waals surface area contributed by atoms with E-state index in [2.05, 4.69) is 51.8 Å². The fourth-order valence-electron chi connectivity index (χ4n) is 4.28. The van der Waals surface area contributed by atoms with Gasteiger partial charge >= 0.3 is 0 Å². The van der Waals surface area contributed by atoms with Crippen LogP contribution in [0.3, 0.4) is 0 Å². The Kier molecular flexibility index (Phi) is 19.3. The van der Waals surface area contributed by atoms with E-state index in [0.29, 0.717) is 24.5 Å². The number of nitrogens with zero attached hydrogens (tertiary/aromatic N) is 1. The van der Waals surface area contributed by atoms with E-state index in [1.165, 1.54) is 40.3 Å². The molecule has 0 unspecified atom stereocenters. The van der Waals surface area contributed by atoms with Gasteiger partial charge in [0.05, 0.1) is 18.3 Å². The van der Waals surface area contributed by atoms with E-state index in [-0.39, 0.29) is 27.3 Å². The SMILES string of the molecule is CC.CC(C)C.CCCC=O.CCCc1cc(OCC)ncc1F.Cc1ccc(C(=O)NC2(C)CS3(CC3)C2)cc1C. The van der Waals surface area contributed by atoms with Crippen LogP contribution in [0.1, 0.15) is 109 Å². The lowest BCUT2D eigenvalue weighted by atomic mass is 10.0. The van der Waals surface area contributed by atoms with Gasteiger partial charge in [-0.1, -0.05) is 61.0 Å². The number of carbonyl (C=O) groups is 2. The topological polar surface area (TPSA) is 68.3 Å². The summed E-state index contributed by atoms with van der Waals surface area (Å²) in [5, 5.41) is 3.23. The van der Waals surface area contributed by atoms with E-state index >= 15 is 0 Å². The molecule has 0 bridgehead atoms. The summed E-state index contributed by atoms with van der Waals surface area (Å²) < 4.78 is 18.2. The summed E-state index contributed by atoms with van der Waals surface area (Å²) in [6, 6.07) is 7.62. The molecule has 2 aromatic rings. The second-order valence-corrected chi connectivity index (χ2v) is 15.6. The van der Waals surface area contributed by atoms with Gasteiger partial charge in [-0.15, -0.1) is 0 Å². The van der Waals surface area contributed by atoms with Crippen LogP contribution in [0, 0.1) is 25.6 Å². The standard InChI is InChI=1S/C15H21NOS.C10H14FNO.C4H8O.C4H10.C2H6/c1-11-4-5-13(8-12(11)2)14(17)16-15(3)9-18(10-15)6-7-18;1-3-5-8-6-10(13-4-2)12-7-9(8)11;1-2-3-4-5;1-4(2)3;1-2/h4-5,8H,6-7,9-10H2,1-3H3,(H,16,17);6-7H,3-5H2,1-2H3;4H,2-3H2,1H3;4H,1-3H3;1-2H3. The van der Waals surface area contributed by atoms with Crippen molar-refractivity contribution in [3.63, 3.8) is 0 Å². The third-order valence-electron chi connectivity index (χ3n) is 6.34. The number of halogens is 1. The van der Waals surface area contributed by atoms with E-state index in [0.717, 1.165) is 37.0 Å². The lowest BCUT2D eigenvalue weighted by Gasteiger charge is -2.49. The Morgan fingerprint density at radius 2 is 1.67 bits per heavy atom. The lowest BCUT2D eigenvalue weighted by Crippen LogP contribution is -2.58. The van der Waals surface area contributed by atoms with E-state index in [4.69, 9.17) is 4.74 Å². The largest absolute Gasteiger partial charge is 0.478 e. The van der Waals surface area contributed by atoms with Gasteiger partial charge in [-0.05, 0) is 86.8 Å². The number of hydrogen-bond donors (Lipinski definition) is 1. The zero-order valence-electron chi connectivity index (χ0n) is 28.4. The Labute approximate surface area is 258 Å². The van der Waals surface area contributed by atoms with Gasteiger partial charge in [-0.2, -0.15) is 0 Å². The number of hydrogen-bond acceptors (Lipinski definition) is 4. The molecular formula is C35H59FN2O3S. The van der Waals surface area contributed by atoms with Gasteiger partial charge in [-0.3, -0.25) is 4.79 Å². The van der Waals surface area contributed by atoms with Crippen LogP contribution in [0.2, 0.25) is 0 Å². The molecule has 42 heavy (non-hydrogen) atoms. The maximum Gasteiger partial charge on any atom is 0.251 e. The monoisotopic (exact) mass is 606 g/mol. The summed E-state index contributed by atoms with van der Waals surface area (Å²) in [5.74, 6) is 6.57. The van der Waals surface area contributed by atoms with Crippen molar-refractivity contribution in [2.24, 2.45) is 5.92 Å². The van der Waals surface area contributed by atoms with Crippen LogP contribution in [-0.2, 0) is 11.2 Å². The van der Waals surface area contributed by atoms with Crippen LogP contribution in [0.25, 0.3) is 0 Å². The van der Waals surface area contributed by atoms with Crippen molar-refractivity contribution in [1.29, 1.82) is 0 Å². The van der Waals surface area contributed by atoms with E-state index < -0.39 is 0 Å². The summed E-state index contributed by atoms with van der Waals surface area (Å²) >= 11 is 0. The molecule has 2 fully saturated rings. The molecule has 1 aromatic heterocycles. The zero-order chi connectivity index (χ0) is 32.3. The molecule has 0 radical (unpaired) electrons. The number of aryl methyl sites for hydroxylation is 3. The van der Waals surface area contributed by atoms with Crippen LogP contribution in [0.15, 0.2) is 30.5 Å². The predicted molar refractivity (Wildman–Crippen MR) is 181 cm³/mol. The summed E-state index contributed by atoms with van der Waals surface area (Å²) in [4.78, 5) is 25.5. The predicted octanol–water partition coefficient (Wildman–Crippen LogP) is 8.87. The van der Waals surface area contributed by atoms with Gasteiger partial charge in [-0.25, -0.2) is 19.4 Å². The maximum atomic E-state index is 13.1. The first-order chi connectivity index (χ1) is 19.8. The van der Waals surface area contributed by atoms with Crippen molar-refractivity contribution in [3.05, 3.63) is 58.5 Å². The first-order valence-corrected chi connectivity index (χ1v) is 18.0. The first kappa shape index (κ1) is 39.6. The molecule has 2 aliphatic rings. The van der Waals surface area contributed by atoms with Crippen LogP contribution in [0.5, 0.6) is 5.88 Å². The fourth-order valence-corrected chi connectivity index (χ4v) is 8.56. The summed E-state index contributed by atoms with van der Waals surface area (Å²) in [5.41, 5.74) is 3.97. The molecule has 0 saturated carbocycles. The molecule has 2 saturated heterocycles. The molecule has 4 rings (SSSR count). The second kappa shape index (κ2) is 20.5. The quantitative estimate of drug-likeness (QED) is 0.241. The van der Waals surface area contributed by atoms with Crippen molar-refractivity contribution in [2.75, 3.05) is 29.6 Å². The van der Waals surface area contributed by atoms with Crippen molar-refractivity contribution in [1.82, 2.24) is 10.3 Å². The number of benzene rings is 1. The van der Waals surface area contributed by atoms with Gasteiger partial charge in [0.15, 0.2) is 0 Å². The zero-order valence-corrected chi connectivity index (χ0v) is 29.2. The molecule has 2 aliphatic heterocycles. The number of unbranched alkanes of at least 4 members (excludes halogenated alkanes) is 1.